The molecule has 2 aliphatic rings. The van der Waals surface area contributed by atoms with Crippen molar-refractivity contribution in [3.63, 3.8) is 0 Å². The number of piperidine rings is 1. The molecule has 0 saturated carbocycles. The summed E-state index contributed by atoms with van der Waals surface area (Å²) in [6.45, 7) is 1.21. The van der Waals surface area contributed by atoms with Crippen LogP contribution in [-0.4, -0.2) is 43.4 Å². The van der Waals surface area contributed by atoms with Crippen molar-refractivity contribution >= 4 is 32.7 Å². The molecular formula is C21H21N3O6S. The summed E-state index contributed by atoms with van der Waals surface area (Å²) in [7, 11) is -3.96. The highest BCUT2D eigenvalue weighted by Crippen LogP contribution is 2.31. The van der Waals surface area contributed by atoms with Gasteiger partial charge in [0, 0.05) is 24.7 Å². The molecule has 0 bridgehead atoms. The predicted octanol–water partition coefficient (Wildman–Crippen LogP) is 2.70. The number of anilines is 1. The summed E-state index contributed by atoms with van der Waals surface area (Å²) in [5, 5.41) is 0. The van der Waals surface area contributed by atoms with E-state index in [9.17, 15) is 18.0 Å². The van der Waals surface area contributed by atoms with E-state index in [1.165, 1.54) is 24.3 Å². The molecule has 0 radical (unpaired) electrons. The number of oxazole rings is 1. The summed E-state index contributed by atoms with van der Waals surface area (Å²) in [5.41, 5.74) is 1.15. The van der Waals surface area contributed by atoms with Crippen molar-refractivity contribution in [2.75, 3.05) is 17.9 Å². The SMILES string of the molecule is O=C1c2cc(NS(=O)(=O)c3ccc4oc(=O)[nH]c4c3)ccc2OCCC2CCCCN12. The zero-order valence-electron chi connectivity index (χ0n) is 16.6. The van der Waals surface area contributed by atoms with E-state index in [0.717, 1.165) is 25.7 Å². The van der Waals surface area contributed by atoms with Crippen LogP contribution in [0.2, 0.25) is 0 Å². The molecule has 5 rings (SSSR count). The summed E-state index contributed by atoms with van der Waals surface area (Å²) in [6.07, 6.45) is 3.80. The quantitative estimate of drug-likeness (QED) is 0.642. The maximum atomic E-state index is 13.2. The first-order valence-corrected chi connectivity index (χ1v) is 11.6. The van der Waals surface area contributed by atoms with Crippen LogP contribution in [0.3, 0.4) is 0 Å². The number of carbonyl (C=O) groups excluding carboxylic acids is 1. The monoisotopic (exact) mass is 443 g/mol. The Morgan fingerprint density at radius 1 is 1.06 bits per heavy atom. The van der Waals surface area contributed by atoms with Crippen LogP contribution in [0.25, 0.3) is 11.1 Å². The van der Waals surface area contributed by atoms with Gasteiger partial charge in [0.1, 0.15) is 5.75 Å². The maximum absolute atomic E-state index is 13.2. The fraction of sp³-hybridized carbons (Fsp3) is 0.333. The van der Waals surface area contributed by atoms with Gasteiger partial charge in [0.2, 0.25) is 0 Å². The summed E-state index contributed by atoms with van der Waals surface area (Å²) >= 11 is 0. The molecule has 2 aromatic carbocycles. The third-order valence-corrected chi connectivity index (χ3v) is 7.14. The van der Waals surface area contributed by atoms with Gasteiger partial charge in [0.25, 0.3) is 15.9 Å². The minimum absolute atomic E-state index is 0.0394. The highest BCUT2D eigenvalue weighted by Gasteiger charge is 2.31. The van der Waals surface area contributed by atoms with Crippen LogP contribution in [0.1, 0.15) is 36.0 Å². The van der Waals surface area contributed by atoms with Crippen molar-refractivity contribution in [2.24, 2.45) is 0 Å². The molecule has 162 valence electrons. The Kier molecular flexibility index (Phi) is 4.73. The Morgan fingerprint density at radius 3 is 2.81 bits per heavy atom. The van der Waals surface area contributed by atoms with Crippen molar-refractivity contribution in [3.05, 3.63) is 52.5 Å². The molecule has 1 fully saturated rings. The number of carbonyl (C=O) groups is 1. The third-order valence-electron chi connectivity index (χ3n) is 5.76. The van der Waals surface area contributed by atoms with E-state index in [0.29, 0.717) is 24.5 Å². The van der Waals surface area contributed by atoms with E-state index in [1.807, 2.05) is 4.90 Å². The lowest BCUT2D eigenvalue weighted by molar-refractivity contribution is 0.0548. The first-order chi connectivity index (χ1) is 14.9. The van der Waals surface area contributed by atoms with E-state index in [2.05, 4.69) is 9.71 Å². The summed E-state index contributed by atoms with van der Waals surface area (Å²) in [5.74, 6) is -0.346. The van der Waals surface area contributed by atoms with Crippen LogP contribution in [0.4, 0.5) is 5.69 Å². The number of rotatable bonds is 3. The number of amides is 1. The average molecular weight is 443 g/mol. The molecule has 10 heteroatoms. The van der Waals surface area contributed by atoms with Crippen LogP contribution in [-0.2, 0) is 10.0 Å². The molecule has 1 atom stereocenters. The first kappa shape index (κ1) is 19.7. The molecule has 1 saturated heterocycles. The number of H-pyrrole nitrogens is 1. The Balaban J connectivity index is 1.47. The number of aromatic amines is 1. The van der Waals surface area contributed by atoms with Crippen molar-refractivity contribution < 1.29 is 22.4 Å². The van der Waals surface area contributed by atoms with Gasteiger partial charge in [0.05, 0.1) is 22.6 Å². The number of aromatic nitrogens is 1. The second kappa shape index (κ2) is 7.45. The normalized spacial score (nSPS) is 19.2. The number of fused-ring (bicyclic) bond motifs is 3. The molecule has 2 N–H and O–H groups in total. The largest absolute Gasteiger partial charge is 0.493 e. The summed E-state index contributed by atoms with van der Waals surface area (Å²) < 4.78 is 39.0. The number of hydrogen-bond acceptors (Lipinski definition) is 6. The van der Waals surface area contributed by atoms with Crippen LogP contribution in [0.15, 0.2) is 50.5 Å². The maximum Gasteiger partial charge on any atom is 0.417 e. The van der Waals surface area contributed by atoms with E-state index < -0.39 is 15.8 Å². The molecule has 0 aliphatic carbocycles. The number of nitrogens with zero attached hydrogens (tertiary/aromatic N) is 1. The van der Waals surface area contributed by atoms with Crippen LogP contribution >= 0.6 is 0 Å². The Morgan fingerprint density at radius 2 is 1.94 bits per heavy atom. The van der Waals surface area contributed by atoms with Gasteiger partial charge in [0.15, 0.2) is 5.58 Å². The molecule has 0 spiro atoms. The van der Waals surface area contributed by atoms with Crippen LogP contribution < -0.4 is 15.2 Å². The Hall–Kier alpha value is -3.27. The van der Waals surface area contributed by atoms with Gasteiger partial charge >= 0.3 is 5.76 Å². The van der Waals surface area contributed by atoms with Gasteiger partial charge in [-0.25, -0.2) is 13.2 Å². The van der Waals surface area contributed by atoms with Crippen LogP contribution in [0, 0.1) is 0 Å². The molecule has 9 nitrogen and oxygen atoms in total. The van der Waals surface area contributed by atoms with Crippen molar-refractivity contribution in [3.8, 4) is 5.75 Å². The van der Waals surface area contributed by atoms with Crippen molar-refractivity contribution in [1.29, 1.82) is 0 Å². The second-order valence-electron chi connectivity index (χ2n) is 7.77. The molecule has 1 unspecified atom stereocenters. The lowest BCUT2D eigenvalue weighted by Crippen LogP contribution is -2.45. The van der Waals surface area contributed by atoms with E-state index in [-0.39, 0.29) is 33.6 Å². The van der Waals surface area contributed by atoms with E-state index >= 15 is 0 Å². The smallest absolute Gasteiger partial charge is 0.417 e. The second-order valence-corrected chi connectivity index (χ2v) is 9.46. The third kappa shape index (κ3) is 3.67. The molecule has 3 heterocycles. The molecule has 31 heavy (non-hydrogen) atoms. The topological polar surface area (TPSA) is 122 Å². The Labute approximate surface area is 178 Å². The first-order valence-electron chi connectivity index (χ1n) is 10.1. The highest BCUT2D eigenvalue weighted by atomic mass is 32.2. The molecule has 2 aliphatic heterocycles. The zero-order valence-corrected chi connectivity index (χ0v) is 17.4. The standard InChI is InChI=1S/C21H21N3O6S/c25-20-16-11-13(4-6-18(16)29-10-8-14-3-1-2-9-24(14)20)23-31(27,28)15-5-7-19-17(12-15)22-21(26)30-19/h4-7,11-12,14,23H,1-3,8-10H2,(H,22,26). The van der Waals surface area contributed by atoms with Gasteiger partial charge in [-0.3, -0.25) is 14.5 Å². The molecular weight excluding hydrogens is 422 g/mol. The fourth-order valence-corrected chi connectivity index (χ4v) is 5.30. The average Bonchev–Trinajstić information content (AvgIpc) is 3.12. The van der Waals surface area contributed by atoms with Gasteiger partial charge in [-0.2, -0.15) is 0 Å². The number of ether oxygens (including phenoxy) is 1. The van der Waals surface area contributed by atoms with Gasteiger partial charge in [-0.1, -0.05) is 0 Å². The lowest BCUT2D eigenvalue weighted by Gasteiger charge is -2.37. The lowest BCUT2D eigenvalue weighted by atomic mass is 9.97. The number of hydrogen-bond donors (Lipinski definition) is 2. The van der Waals surface area contributed by atoms with E-state index in [4.69, 9.17) is 9.15 Å². The number of nitrogens with one attached hydrogen (secondary N) is 2. The van der Waals surface area contributed by atoms with Crippen molar-refractivity contribution in [1.82, 2.24) is 9.88 Å². The number of sulfonamides is 1. The summed E-state index contributed by atoms with van der Waals surface area (Å²) in [4.78, 5) is 28.8. The molecule has 1 amide bonds. The van der Waals surface area contributed by atoms with Gasteiger partial charge < -0.3 is 14.1 Å². The number of benzene rings is 2. The Bertz CT molecular complexity index is 1330. The minimum atomic E-state index is -3.96. The highest BCUT2D eigenvalue weighted by molar-refractivity contribution is 7.92. The van der Waals surface area contributed by atoms with Gasteiger partial charge in [-0.15, -0.1) is 0 Å². The van der Waals surface area contributed by atoms with Crippen molar-refractivity contribution in [2.45, 2.75) is 36.6 Å². The van der Waals surface area contributed by atoms with E-state index in [1.54, 1.807) is 12.1 Å². The predicted molar refractivity (Wildman–Crippen MR) is 113 cm³/mol. The zero-order chi connectivity index (χ0) is 21.6. The molecule has 1 aromatic heterocycles. The summed E-state index contributed by atoms with van der Waals surface area (Å²) in [6, 6.07) is 8.94. The fourth-order valence-electron chi connectivity index (χ4n) is 4.23. The van der Waals surface area contributed by atoms with Gasteiger partial charge in [-0.05, 0) is 55.7 Å². The van der Waals surface area contributed by atoms with Crippen LogP contribution in [0.5, 0.6) is 5.75 Å². The minimum Gasteiger partial charge on any atom is -0.493 e. The molecule has 3 aromatic rings.